The van der Waals surface area contributed by atoms with E-state index in [1.54, 1.807) is 18.4 Å². The molecule has 0 aliphatic heterocycles. The van der Waals surface area contributed by atoms with Gasteiger partial charge in [-0.2, -0.15) is 0 Å². The number of aryl methyl sites for hydroxylation is 2. The summed E-state index contributed by atoms with van der Waals surface area (Å²) < 4.78 is 5.01. The molecule has 0 saturated carbocycles. The average molecular weight is 256 g/mol. The van der Waals surface area contributed by atoms with E-state index in [-0.39, 0.29) is 6.04 Å². The first-order valence-corrected chi connectivity index (χ1v) is 6.33. The number of nitrogens with one attached hydrogen (secondary N) is 1. The van der Waals surface area contributed by atoms with Crippen molar-refractivity contribution in [2.45, 2.75) is 33.4 Å². The van der Waals surface area contributed by atoms with Crippen LogP contribution in [0.2, 0.25) is 0 Å². The van der Waals surface area contributed by atoms with Crippen molar-refractivity contribution in [3.63, 3.8) is 0 Å². The Morgan fingerprint density at radius 1 is 1.59 bits per heavy atom. The van der Waals surface area contributed by atoms with Crippen molar-refractivity contribution >= 4 is 17.3 Å². The molecule has 3 N–H and O–H groups in total. The maximum absolute atomic E-state index is 5.77. The van der Waals surface area contributed by atoms with Crippen LogP contribution in [0.3, 0.4) is 0 Å². The predicted molar refractivity (Wildman–Crippen MR) is 71.4 cm³/mol. The van der Waals surface area contributed by atoms with Gasteiger partial charge in [-0.05, 0) is 20.8 Å². The van der Waals surface area contributed by atoms with E-state index in [1.807, 2.05) is 20.8 Å². The molecule has 1 unspecified atom stereocenters. The molecular weight excluding hydrogens is 236 g/mol. The number of thiazole rings is 1. The smallest absolute Gasteiger partial charge is 0.189 e. The van der Waals surface area contributed by atoms with Gasteiger partial charge in [-0.25, -0.2) is 9.98 Å². The summed E-state index contributed by atoms with van der Waals surface area (Å²) in [5.41, 5.74) is 6.77. The summed E-state index contributed by atoms with van der Waals surface area (Å²) in [6.45, 7) is 7.16. The SMILES string of the molecule is COCC(C)NC(N)=NCc1nc(C)sc1C. The van der Waals surface area contributed by atoms with Crippen molar-refractivity contribution in [2.75, 3.05) is 13.7 Å². The molecule has 0 bridgehead atoms. The third-order valence-electron chi connectivity index (χ3n) is 2.21. The van der Waals surface area contributed by atoms with Crippen molar-refractivity contribution in [3.05, 3.63) is 15.6 Å². The maximum Gasteiger partial charge on any atom is 0.189 e. The van der Waals surface area contributed by atoms with Gasteiger partial charge < -0.3 is 15.8 Å². The molecule has 1 aromatic heterocycles. The van der Waals surface area contributed by atoms with Gasteiger partial charge in [0, 0.05) is 18.0 Å². The second kappa shape index (κ2) is 6.56. The van der Waals surface area contributed by atoms with E-state index in [0.717, 1.165) is 10.7 Å². The Morgan fingerprint density at radius 3 is 2.82 bits per heavy atom. The van der Waals surface area contributed by atoms with Crippen molar-refractivity contribution in [3.8, 4) is 0 Å². The second-order valence-electron chi connectivity index (χ2n) is 3.94. The zero-order valence-electron chi connectivity index (χ0n) is 10.8. The zero-order chi connectivity index (χ0) is 12.8. The normalized spacial score (nSPS) is 13.8. The molecule has 0 aliphatic rings. The number of ether oxygens (including phenoxy) is 1. The molecule has 5 nitrogen and oxygen atoms in total. The van der Waals surface area contributed by atoms with Gasteiger partial charge in [0.2, 0.25) is 0 Å². The molecule has 0 saturated heterocycles. The van der Waals surface area contributed by atoms with Crippen LogP contribution < -0.4 is 11.1 Å². The summed E-state index contributed by atoms with van der Waals surface area (Å²) in [5.74, 6) is 0.430. The van der Waals surface area contributed by atoms with Crippen LogP contribution in [0, 0.1) is 13.8 Å². The molecule has 96 valence electrons. The highest BCUT2D eigenvalue weighted by Crippen LogP contribution is 2.16. The highest BCUT2D eigenvalue weighted by molar-refractivity contribution is 7.11. The summed E-state index contributed by atoms with van der Waals surface area (Å²) in [6.07, 6.45) is 0. The van der Waals surface area contributed by atoms with Gasteiger partial charge in [0.25, 0.3) is 0 Å². The molecule has 1 heterocycles. The number of guanidine groups is 1. The lowest BCUT2D eigenvalue weighted by atomic mass is 10.3. The van der Waals surface area contributed by atoms with Crippen LogP contribution in [0.1, 0.15) is 22.5 Å². The molecule has 0 aromatic carbocycles. The van der Waals surface area contributed by atoms with Crippen molar-refractivity contribution in [1.82, 2.24) is 10.3 Å². The van der Waals surface area contributed by atoms with Crippen LogP contribution in [0.25, 0.3) is 0 Å². The minimum Gasteiger partial charge on any atom is -0.383 e. The average Bonchev–Trinajstić information content (AvgIpc) is 2.54. The van der Waals surface area contributed by atoms with E-state index < -0.39 is 0 Å². The van der Waals surface area contributed by atoms with Gasteiger partial charge in [0.1, 0.15) is 0 Å². The minimum absolute atomic E-state index is 0.155. The third-order valence-corrected chi connectivity index (χ3v) is 3.14. The lowest BCUT2D eigenvalue weighted by Crippen LogP contribution is -2.40. The summed E-state index contributed by atoms with van der Waals surface area (Å²) >= 11 is 1.68. The lowest BCUT2D eigenvalue weighted by molar-refractivity contribution is 0.179. The first-order chi connectivity index (χ1) is 8.02. The van der Waals surface area contributed by atoms with Crippen LogP contribution in [0.5, 0.6) is 0 Å². The minimum atomic E-state index is 0.155. The van der Waals surface area contributed by atoms with Gasteiger partial charge >= 0.3 is 0 Å². The number of hydrogen-bond acceptors (Lipinski definition) is 4. The quantitative estimate of drug-likeness (QED) is 0.613. The Morgan fingerprint density at radius 2 is 2.29 bits per heavy atom. The Balaban J connectivity index is 2.50. The van der Waals surface area contributed by atoms with Crippen LogP contribution in [0.15, 0.2) is 4.99 Å². The van der Waals surface area contributed by atoms with Crippen LogP contribution in [-0.4, -0.2) is 30.7 Å². The fourth-order valence-corrected chi connectivity index (χ4v) is 2.30. The number of rotatable bonds is 5. The molecule has 1 rings (SSSR count). The molecule has 0 spiro atoms. The van der Waals surface area contributed by atoms with Crippen molar-refractivity contribution in [1.29, 1.82) is 0 Å². The van der Waals surface area contributed by atoms with Crippen molar-refractivity contribution in [2.24, 2.45) is 10.7 Å². The number of aliphatic imine (C=N–C) groups is 1. The summed E-state index contributed by atoms with van der Waals surface area (Å²) in [4.78, 5) is 9.86. The highest BCUT2D eigenvalue weighted by Gasteiger charge is 2.05. The van der Waals surface area contributed by atoms with Gasteiger partial charge in [-0.3, -0.25) is 0 Å². The molecular formula is C11H20N4OS. The molecule has 1 atom stereocenters. The summed E-state index contributed by atoms with van der Waals surface area (Å²) in [6, 6.07) is 0.155. The maximum atomic E-state index is 5.77. The standard InChI is InChI=1S/C11H20N4OS/c1-7(6-16-4)14-11(12)13-5-10-8(2)17-9(3)15-10/h7H,5-6H2,1-4H3,(H3,12,13,14). The second-order valence-corrected chi connectivity index (χ2v) is 5.35. The van der Waals surface area contributed by atoms with Gasteiger partial charge in [-0.1, -0.05) is 0 Å². The Kier molecular flexibility index (Phi) is 5.37. The Bertz CT molecular complexity index is 389. The van der Waals surface area contributed by atoms with E-state index >= 15 is 0 Å². The molecule has 1 aromatic rings. The monoisotopic (exact) mass is 256 g/mol. The topological polar surface area (TPSA) is 72.5 Å². The summed E-state index contributed by atoms with van der Waals surface area (Å²) in [5, 5.41) is 4.12. The predicted octanol–water partition coefficient (Wildman–Crippen LogP) is 1.20. The van der Waals surface area contributed by atoms with Gasteiger partial charge in [0.05, 0.1) is 23.9 Å². The number of nitrogens with two attached hydrogens (primary N) is 1. The molecule has 0 amide bonds. The Labute approximate surface area is 106 Å². The first kappa shape index (κ1) is 13.9. The fraction of sp³-hybridized carbons (Fsp3) is 0.636. The van der Waals surface area contributed by atoms with E-state index in [1.165, 1.54) is 4.88 Å². The highest BCUT2D eigenvalue weighted by atomic mass is 32.1. The van der Waals surface area contributed by atoms with Gasteiger partial charge in [-0.15, -0.1) is 11.3 Å². The van der Waals surface area contributed by atoms with E-state index in [9.17, 15) is 0 Å². The van der Waals surface area contributed by atoms with Crippen LogP contribution in [-0.2, 0) is 11.3 Å². The van der Waals surface area contributed by atoms with E-state index in [0.29, 0.717) is 19.1 Å². The van der Waals surface area contributed by atoms with E-state index in [2.05, 4.69) is 15.3 Å². The van der Waals surface area contributed by atoms with Crippen LogP contribution in [0.4, 0.5) is 0 Å². The molecule has 17 heavy (non-hydrogen) atoms. The fourth-order valence-electron chi connectivity index (χ4n) is 1.47. The van der Waals surface area contributed by atoms with Crippen LogP contribution >= 0.6 is 11.3 Å². The number of methoxy groups -OCH3 is 1. The summed E-state index contributed by atoms with van der Waals surface area (Å²) in [7, 11) is 1.66. The number of aromatic nitrogens is 1. The molecule has 0 aliphatic carbocycles. The molecule has 0 fully saturated rings. The Hall–Kier alpha value is -1.14. The number of hydrogen-bond donors (Lipinski definition) is 2. The lowest BCUT2D eigenvalue weighted by Gasteiger charge is -2.12. The third kappa shape index (κ3) is 4.70. The van der Waals surface area contributed by atoms with E-state index in [4.69, 9.17) is 10.5 Å². The zero-order valence-corrected chi connectivity index (χ0v) is 11.6. The largest absolute Gasteiger partial charge is 0.383 e. The number of nitrogens with zero attached hydrogens (tertiary/aromatic N) is 2. The first-order valence-electron chi connectivity index (χ1n) is 5.51. The molecule has 6 heteroatoms. The van der Waals surface area contributed by atoms with Crippen molar-refractivity contribution < 1.29 is 4.74 Å². The van der Waals surface area contributed by atoms with Gasteiger partial charge in [0.15, 0.2) is 5.96 Å². The molecule has 0 radical (unpaired) electrons.